The van der Waals surface area contributed by atoms with Crippen molar-refractivity contribution in [2.24, 2.45) is 5.92 Å². The van der Waals surface area contributed by atoms with Crippen molar-refractivity contribution in [1.82, 2.24) is 15.4 Å². The highest BCUT2D eigenvalue weighted by Gasteiger charge is 2.23. The number of aromatic nitrogens is 1. The number of hydrogen-bond donors (Lipinski definition) is 1. The number of nitrogens with zero attached hydrogens (tertiary/aromatic N) is 2. The quantitative estimate of drug-likeness (QED) is 0.858. The molecule has 0 amide bonds. The van der Waals surface area contributed by atoms with Crippen molar-refractivity contribution in [2.75, 3.05) is 19.6 Å². The smallest absolute Gasteiger partial charge is 0.150 e. The summed E-state index contributed by atoms with van der Waals surface area (Å²) < 4.78 is 5.35. The molecule has 1 aliphatic rings. The lowest BCUT2D eigenvalue weighted by Gasteiger charge is -2.35. The molecule has 1 saturated heterocycles. The topological polar surface area (TPSA) is 41.3 Å². The molecular formula is C15H27N3O. The van der Waals surface area contributed by atoms with Crippen LogP contribution < -0.4 is 5.32 Å². The summed E-state index contributed by atoms with van der Waals surface area (Å²) in [5, 5.41) is 7.56. The SMILES string of the molecule is Cc1cc(CN2CCCCC2CNCC(C)C)on1. The molecule has 0 radical (unpaired) electrons. The van der Waals surface area contributed by atoms with Crippen LogP contribution in [0.4, 0.5) is 0 Å². The van der Waals surface area contributed by atoms with Gasteiger partial charge in [0, 0.05) is 18.7 Å². The zero-order chi connectivity index (χ0) is 13.7. The van der Waals surface area contributed by atoms with Gasteiger partial charge in [0.15, 0.2) is 5.76 Å². The summed E-state index contributed by atoms with van der Waals surface area (Å²) in [4.78, 5) is 2.54. The van der Waals surface area contributed by atoms with Gasteiger partial charge < -0.3 is 9.84 Å². The predicted molar refractivity (Wildman–Crippen MR) is 77.0 cm³/mol. The Morgan fingerprint density at radius 1 is 1.47 bits per heavy atom. The summed E-state index contributed by atoms with van der Waals surface area (Å²) in [5.41, 5.74) is 0.974. The van der Waals surface area contributed by atoms with Gasteiger partial charge in [-0.15, -0.1) is 0 Å². The van der Waals surface area contributed by atoms with Crippen LogP contribution in [0.15, 0.2) is 10.6 Å². The molecule has 0 aromatic carbocycles. The molecule has 0 spiro atoms. The van der Waals surface area contributed by atoms with Gasteiger partial charge in [-0.2, -0.15) is 0 Å². The second-order valence-electron chi connectivity index (χ2n) is 6.11. The van der Waals surface area contributed by atoms with E-state index in [1.807, 2.05) is 13.0 Å². The number of rotatable bonds is 6. The Morgan fingerprint density at radius 3 is 3.00 bits per heavy atom. The Balaban J connectivity index is 1.84. The van der Waals surface area contributed by atoms with Crippen molar-refractivity contribution >= 4 is 0 Å². The Hall–Kier alpha value is -0.870. The second kappa shape index (κ2) is 7.06. The Kier molecular flexibility index (Phi) is 5.40. The van der Waals surface area contributed by atoms with E-state index in [2.05, 4.69) is 29.2 Å². The lowest BCUT2D eigenvalue weighted by molar-refractivity contribution is 0.123. The number of aryl methyl sites for hydroxylation is 1. The highest BCUT2D eigenvalue weighted by Crippen LogP contribution is 2.19. The van der Waals surface area contributed by atoms with E-state index in [0.717, 1.165) is 31.1 Å². The maximum Gasteiger partial charge on any atom is 0.150 e. The maximum absolute atomic E-state index is 5.35. The summed E-state index contributed by atoms with van der Waals surface area (Å²) in [5.74, 6) is 1.71. The van der Waals surface area contributed by atoms with E-state index in [-0.39, 0.29) is 0 Å². The molecule has 19 heavy (non-hydrogen) atoms. The molecule has 4 heteroatoms. The fourth-order valence-electron chi connectivity index (χ4n) is 2.73. The summed E-state index contributed by atoms with van der Waals surface area (Å²) in [6.07, 6.45) is 3.94. The highest BCUT2D eigenvalue weighted by molar-refractivity contribution is 5.03. The first kappa shape index (κ1) is 14.5. The third-order valence-electron chi connectivity index (χ3n) is 3.72. The van der Waals surface area contributed by atoms with Crippen molar-refractivity contribution in [3.05, 3.63) is 17.5 Å². The zero-order valence-corrected chi connectivity index (χ0v) is 12.5. The van der Waals surface area contributed by atoms with E-state index in [4.69, 9.17) is 4.52 Å². The predicted octanol–water partition coefficient (Wildman–Crippen LogP) is 2.58. The Bertz CT molecular complexity index is 375. The van der Waals surface area contributed by atoms with Crippen molar-refractivity contribution in [2.45, 2.75) is 52.6 Å². The van der Waals surface area contributed by atoms with Gasteiger partial charge in [-0.05, 0) is 38.8 Å². The molecule has 1 aliphatic heterocycles. The molecule has 1 N–H and O–H groups in total. The van der Waals surface area contributed by atoms with Gasteiger partial charge in [0.1, 0.15) is 0 Å². The minimum Gasteiger partial charge on any atom is -0.360 e. The molecule has 0 bridgehead atoms. The summed E-state index contributed by atoms with van der Waals surface area (Å²) >= 11 is 0. The van der Waals surface area contributed by atoms with Crippen LogP contribution >= 0.6 is 0 Å². The average Bonchev–Trinajstić information content (AvgIpc) is 2.77. The largest absolute Gasteiger partial charge is 0.360 e. The van der Waals surface area contributed by atoms with Crippen LogP contribution in [0.5, 0.6) is 0 Å². The molecule has 1 atom stereocenters. The monoisotopic (exact) mass is 265 g/mol. The van der Waals surface area contributed by atoms with E-state index in [9.17, 15) is 0 Å². The van der Waals surface area contributed by atoms with Crippen molar-refractivity contribution < 1.29 is 4.52 Å². The van der Waals surface area contributed by atoms with Crippen LogP contribution in [0.25, 0.3) is 0 Å². The van der Waals surface area contributed by atoms with E-state index in [1.54, 1.807) is 0 Å². The molecule has 2 heterocycles. The van der Waals surface area contributed by atoms with Crippen LogP contribution in [0.2, 0.25) is 0 Å². The second-order valence-corrected chi connectivity index (χ2v) is 6.11. The van der Waals surface area contributed by atoms with Crippen LogP contribution in [0, 0.1) is 12.8 Å². The molecule has 2 rings (SSSR count). The van der Waals surface area contributed by atoms with E-state index in [1.165, 1.54) is 25.8 Å². The van der Waals surface area contributed by atoms with Gasteiger partial charge in [-0.1, -0.05) is 25.4 Å². The number of nitrogens with one attached hydrogen (secondary N) is 1. The Morgan fingerprint density at radius 2 is 2.32 bits per heavy atom. The molecule has 1 aromatic heterocycles. The first-order valence-corrected chi connectivity index (χ1v) is 7.52. The lowest BCUT2D eigenvalue weighted by atomic mass is 10.0. The first-order valence-electron chi connectivity index (χ1n) is 7.52. The van der Waals surface area contributed by atoms with Crippen molar-refractivity contribution in [3.63, 3.8) is 0 Å². The fourth-order valence-corrected chi connectivity index (χ4v) is 2.73. The normalized spacial score (nSPS) is 21.2. The van der Waals surface area contributed by atoms with Gasteiger partial charge in [-0.25, -0.2) is 0 Å². The van der Waals surface area contributed by atoms with E-state index in [0.29, 0.717) is 12.0 Å². The average molecular weight is 265 g/mol. The molecular weight excluding hydrogens is 238 g/mol. The van der Waals surface area contributed by atoms with Gasteiger partial charge >= 0.3 is 0 Å². The first-order chi connectivity index (χ1) is 9.15. The third-order valence-corrected chi connectivity index (χ3v) is 3.72. The minimum atomic E-state index is 0.637. The molecule has 108 valence electrons. The van der Waals surface area contributed by atoms with Gasteiger partial charge in [0.2, 0.25) is 0 Å². The maximum atomic E-state index is 5.35. The van der Waals surface area contributed by atoms with Crippen LogP contribution in [-0.4, -0.2) is 35.7 Å². The molecule has 0 aliphatic carbocycles. The molecule has 0 saturated carbocycles. The molecule has 4 nitrogen and oxygen atoms in total. The number of likely N-dealkylation sites (tertiary alicyclic amines) is 1. The zero-order valence-electron chi connectivity index (χ0n) is 12.5. The lowest BCUT2D eigenvalue weighted by Crippen LogP contribution is -2.45. The molecule has 1 unspecified atom stereocenters. The van der Waals surface area contributed by atoms with Gasteiger partial charge in [0.05, 0.1) is 12.2 Å². The fraction of sp³-hybridized carbons (Fsp3) is 0.800. The summed E-state index contributed by atoms with van der Waals surface area (Å²) in [6.45, 7) is 10.7. The number of piperidine rings is 1. The van der Waals surface area contributed by atoms with Gasteiger partial charge in [-0.3, -0.25) is 4.90 Å². The van der Waals surface area contributed by atoms with Crippen molar-refractivity contribution in [3.8, 4) is 0 Å². The van der Waals surface area contributed by atoms with Crippen molar-refractivity contribution in [1.29, 1.82) is 0 Å². The van der Waals surface area contributed by atoms with E-state index < -0.39 is 0 Å². The van der Waals surface area contributed by atoms with Crippen LogP contribution in [0.3, 0.4) is 0 Å². The summed E-state index contributed by atoms with van der Waals surface area (Å²) in [7, 11) is 0. The van der Waals surface area contributed by atoms with Crippen LogP contribution in [-0.2, 0) is 6.54 Å². The Labute approximate surface area is 116 Å². The van der Waals surface area contributed by atoms with E-state index >= 15 is 0 Å². The molecule has 1 aromatic rings. The third kappa shape index (κ3) is 4.62. The standard InChI is InChI=1S/C15H27N3O/c1-12(2)9-16-10-14-6-4-5-7-18(14)11-15-8-13(3)17-19-15/h8,12,14,16H,4-7,9-11H2,1-3H3. The summed E-state index contributed by atoms with van der Waals surface area (Å²) in [6, 6.07) is 2.69. The molecule has 1 fully saturated rings. The minimum absolute atomic E-state index is 0.637. The van der Waals surface area contributed by atoms with Gasteiger partial charge in [0.25, 0.3) is 0 Å². The van der Waals surface area contributed by atoms with Crippen LogP contribution in [0.1, 0.15) is 44.6 Å². The number of hydrogen-bond acceptors (Lipinski definition) is 4. The highest BCUT2D eigenvalue weighted by atomic mass is 16.5.